The van der Waals surface area contributed by atoms with E-state index < -0.39 is 4.92 Å². The number of aryl methyl sites for hydroxylation is 2. The second kappa shape index (κ2) is 8.92. The van der Waals surface area contributed by atoms with Crippen molar-refractivity contribution in [3.05, 3.63) is 99.2 Å². The van der Waals surface area contributed by atoms with Gasteiger partial charge in [0.25, 0.3) is 5.69 Å². The van der Waals surface area contributed by atoms with Gasteiger partial charge < -0.3 is 17.8 Å². The van der Waals surface area contributed by atoms with Gasteiger partial charge in [0.1, 0.15) is 17.4 Å². The maximum Gasteiger partial charge on any atom is 0.271 e. The number of nitrogens with zero attached hydrogens (tertiary/aromatic N) is 4. The lowest BCUT2D eigenvalue weighted by Gasteiger charge is -2.12. The van der Waals surface area contributed by atoms with Gasteiger partial charge in [0.05, 0.1) is 28.7 Å². The first kappa shape index (κ1) is 22.7. The highest BCUT2D eigenvalue weighted by Crippen LogP contribution is 2.42. The molecule has 0 fully saturated rings. The van der Waals surface area contributed by atoms with Gasteiger partial charge in [-0.1, -0.05) is 6.07 Å². The predicted molar refractivity (Wildman–Crippen MR) is 133 cm³/mol. The zero-order valence-electron chi connectivity index (χ0n) is 19.7. The molecular weight excluding hydrogens is 460 g/mol. The van der Waals surface area contributed by atoms with Crippen molar-refractivity contribution in [2.24, 2.45) is 4.99 Å². The van der Waals surface area contributed by atoms with E-state index in [2.05, 4.69) is 11.1 Å². The minimum atomic E-state index is -0.410. The summed E-state index contributed by atoms with van der Waals surface area (Å²) in [4.78, 5) is 15.4. The SMILES string of the molecule is Cc1ccc([N+](=O)[O-])cc1-n1c(C)cc(C=Nc2oc(-c3ccco3)c(-c3ccco3)c2C#N)c1C. The summed E-state index contributed by atoms with van der Waals surface area (Å²) in [5.41, 5.74) is 4.80. The first-order valence-corrected chi connectivity index (χ1v) is 11.0. The van der Waals surface area contributed by atoms with Crippen molar-refractivity contribution in [3.63, 3.8) is 0 Å². The van der Waals surface area contributed by atoms with Crippen molar-refractivity contribution >= 4 is 17.8 Å². The molecule has 5 rings (SSSR count). The van der Waals surface area contributed by atoms with Crippen LogP contribution in [0.2, 0.25) is 0 Å². The predicted octanol–water partition coefficient (Wildman–Crippen LogP) is 7.05. The Bertz CT molecular complexity index is 1640. The molecule has 1 aromatic carbocycles. The Morgan fingerprint density at radius 1 is 1.06 bits per heavy atom. The van der Waals surface area contributed by atoms with Gasteiger partial charge in [0, 0.05) is 35.3 Å². The second-order valence-electron chi connectivity index (χ2n) is 8.20. The summed E-state index contributed by atoms with van der Waals surface area (Å²) >= 11 is 0. The van der Waals surface area contributed by atoms with Crippen LogP contribution in [0.5, 0.6) is 0 Å². The molecule has 0 N–H and O–H groups in total. The zero-order valence-corrected chi connectivity index (χ0v) is 19.7. The van der Waals surface area contributed by atoms with Crippen LogP contribution >= 0.6 is 0 Å². The molecule has 0 aliphatic heterocycles. The Labute approximate surface area is 205 Å². The van der Waals surface area contributed by atoms with Crippen LogP contribution in [-0.2, 0) is 0 Å². The van der Waals surface area contributed by atoms with Crippen molar-refractivity contribution in [2.45, 2.75) is 20.8 Å². The summed E-state index contributed by atoms with van der Waals surface area (Å²) in [6.45, 7) is 5.73. The third-order valence-corrected chi connectivity index (χ3v) is 5.95. The van der Waals surface area contributed by atoms with Crippen molar-refractivity contribution < 1.29 is 18.2 Å². The smallest absolute Gasteiger partial charge is 0.271 e. The van der Waals surface area contributed by atoms with E-state index in [0.29, 0.717) is 22.8 Å². The average Bonchev–Trinajstić information content (AvgIpc) is 3.65. The average molecular weight is 480 g/mol. The number of aromatic nitrogens is 1. The third kappa shape index (κ3) is 3.80. The Hall–Kier alpha value is -5.10. The molecule has 4 aromatic heterocycles. The molecule has 0 saturated heterocycles. The lowest BCUT2D eigenvalue weighted by atomic mass is 10.1. The summed E-state index contributed by atoms with van der Waals surface area (Å²) in [6, 6.07) is 15.8. The van der Waals surface area contributed by atoms with E-state index in [-0.39, 0.29) is 17.1 Å². The number of aliphatic imine (C=N–C) groups is 1. The lowest BCUT2D eigenvalue weighted by Crippen LogP contribution is -2.03. The van der Waals surface area contributed by atoms with Crippen LogP contribution in [-0.4, -0.2) is 15.7 Å². The standard InChI is InChI=1S/C27H20N4O5/c1-16-8-9-20(31(32)33)13-22(16)30-17(2)12-19(18(30)3)15-29-27-21(14-28)25(23-6-4-10-34-23)26(36-27)24-7-5-11-35-24/h4-13,15H,1-3H3. The van der Waals surface area contributed by atoms with Gasteiger partial charge in [-0.3, -0.25) is 10.1 Å². The van der Waals surface area contributed by atoms with E-state index in [1.807, 2.05) is 31.4 Å². The molecule has 0 amide bonds. The number of non-ortho nitro benzene ring substituents is 1. The quantitative estimate of drug-likeness (QED) is 0.146. The molecule has 0 aliphatic rings. The fraction of sp³-hybridized carbons (Fsp3) is 0.111. The first-order chi connectivity index (χ1) is 17.4. The van der Waals surface area contributed by atoms with Gasteiger partial charge in [-0.05, 0) is 56.7 Å². The van der Waals surface area contributed by atoms with Gasteiger partial charge in [0.15, 0.2) is 11.5 Å². The van der Waals surface area contributed by atoms with Crippen LogP contribution in [0, 0.1) is 42.2 Å². The van der Waals surface area contributed by atoms with Crippen LogP contribution in [0.15, 0.2) is 79.3 Å². The summed E-state index contributed by atoms with van der Waals surface area (Å²) < 4.78 is 19.0. The highest BCUT2D eigenvalue weighted by molar-refractivity contribution is 5.88. The van der Waals surface area contributed by atoms with Crippen molar-refractivity contribution in [3.8, 4) is 34.6 Å². The maximum absolute atomic E-state index is 11.3. The molecule has 0 aliphatic carbocycles. The number of benzene rings is 1. The molecule has 36 heavy (non-hydrogen) atoms. The molecule has 9 nitrogen and oxygen atoms in total. The summed E-state index contributed by atoms with van der Waals surface area (Å²) in [5.74, 6) is 1.36. The normalized spacial score (nSPS) is 11.3. The highest BCUT2D eigenvalue weighted by Gasteiger charge is 2.26. The number of hydrogen-bond acceptors (Lipinski definition) is 7. The van der Waals surface area contributed by atoms with E-state index in [1.54, 1.807) is 42.6 Å². The molecule has 0 atom stereocenters. The Morgan fingerprint density at radius 2 is 1.78 bits per heavy atom. The van der Waals surface area contributed by atoms with Crippen LogP contribution < -0.4 is 0 Å². The van der Waals surface area contributed by atoms with E-state index in [0.717, 1.165) is 28.2 Å². The van der Waals surface area contributed by atoms with Gasteiger partial charge in [-0.25, -0.2) is 4.99 Å². The monoisotopic (exact) mass is 480 g/mol. The van der Waals surface area contributed by atoms with Crippen LogP contribution in [0.3, 0.4) is 0 Å². The van der Waals surface area contributed by atoms with Gasteiger partial charge in [-0.15, -0.1) is 0 Å². The Morgan fingerprint density at radius 3 is 2.42 bits per heavy atom. The van der Waals surface area contributed by atoms with E-state index in [4.69, 9.17) is 13.3 Å². The molecular formula is C27H20N4O5. The summed E-state index contributed by atoms with van der Waals surface area (Å²) in [5, 5.41) is 21.3. The minimum absolute atomic E-state index is 0.0171. The number of hydrogen-bond donors (Lipinski definition) is 0. The van der Waals surface area contributed by atoms with Crippen molar-refractivity contribution in [1.82, 2.24) is 4.57 Å². The molecule has 0 spiro atoms. The number of rotatable bonds is 6. The molecule has 0 unspecified atom stereocenters. The Kier molecular flexibility index (Phi) is 5.62. The highest BCUT2D eigenvalue weighted by atomic mass is 16.6. The number of nitro benzene ring substituents is 1. The minimum Gasteiger partial charge on any atom is -0.464 e. The zero-order chi connectivity index (χ0) is 25.4. The molecule has 9 heteroatoms. The number of nitriles is 1. The topological polar surface area (TPSA) is 124 Å². The molecule has 0 saturated carbocycles. The number of nitro groups is 1. The maximum atomic E-state index is 11.3. The van der Waals surface area contributed by atoms with Gasteiger partial charge >= 0.3 is 0 Å². The lowest BCUT2D eigenvalue weighted by molar-refractivity contribution is -0.384. The molecule has 0 radical (unpaired) electrons. The van der Waals surface area contributed by atoms with Crippen molar-refractivity contribution in [2.75, 3.05) is 0 Å². The molecule has 178 valence electrons. The van der Waals surface area contributed by atoms with Crippen LogP contribution in [0.4, 0.5) is 11.6 Å². The summed E-state index contributed by atoms with van der Waals surface area (Å²) in [6.07, 6.45) is 4.65. The molecule has 4 heterocycles. The summed E-state index contributed by atoms with van der Waals surface area (Å²) in [7, 11) is 0. The Balaban J connectivity index is 1.60. The largest absolute Gasteiger partial charge is 0.464 e. The molecule has 0 bridgehead atoms. The number of furan rings is 3. The van der Waals surface area contributed by atoms with Gasteiger partial charge in [0.2, 0.25) is 5.88 Å². The van der Waals surface area contributed by atoms with Crippen LogP contribution in [0.25, 0.3) is 28.5 Å². The second-order valence-corrected chi connectivity index (χ2v) is 8.20. The van der Waals surface area contributed by atoms with E-state index in [1.165, 1.54) is 18.6 Å². The van der Waals surface area contributed by atoms with E-state index in [9.17, 15) is 15.4 Å². The molecule has 5 aromatic rings. The fourth-order valence-corrected chi connectivity index (χ4v) is 4.22. The van der Waals surface area contributed by atoms with Crippen molar-refractivity contribution in [1.29, 1.82) is 5.26 Å². The fourth-order valence-electron chi connectivity index (χ4n) is 4.22. The third-order valence-electron chi connectivity index (χ3n) is 5.95. The first-order valence-electron chi connectivity index (χ1n) is 11.0. The van der Waals surface area contributed by atoms with Gasteiger partial charge in [-0.2, -0.15) is 5.26 Å². The van der Waals surface area contributed by atoms with Crippen LogP contribution in [0.1, 0.15) is 28.1 Å². The van der Waals surface area contributed by atoms with E-state index >= 15 is 0 Å².